The minimum atomic E-state index is -0.0954. The number of aliphatic hydroxyl groups is 1. The van der Waals surface area contributed by atoms with Gasteiger partial charge < -0.3 is 10.4 Å². The third-order valence-electron chi connectivity index (χ3n) is 3.19. The lowest BCUT2D eigenvalue weighted by Gasteiger charge is -2.25. The fourth-order valence-electron chi connectivity index (χ4n) is 2.22. The molecular weight excluding hydrogens is 238 g/mol. The van der Waals surface area contributed by atoms with E-state index in [4.69, 9.17) is 11.6 Å². The summed E-state index contributed by atoms with van der Waals surface area (Å²) in [5.74, 6) is 2.08. The van der Waals surface area contributed by atoms with Crippen molar-refractivity contribution >= 4 is 17.4 Å². The van der Waals surface area contributed by atoms with E-state index in [1.54, 1.807) is 6.07 Å². The Morgan fingerprint density at radius 2 is 2.06 bits per heavy atom. The van der Waals surface area contributed by atoms with Gasteiger partial charge >= 0.3 is 0 Å². The lowest BCUT2D eigenvalue weighted by Crippen LogP contribution is -2.23. The first-order valence-corrected chi connectivity index (χ1v) is 6.44. The van der Waals surface area contributed by atoms with Crippen LogP contribution in [0.5, 0.6) is 0 Å². The molecule has 1 saturated carbocycles. The number of nitrogens with one attached hydrogen (secondary N) is 1. The molecule has 0 saturated heterocycles. The monoisotopic (exact) mass is 255 g/mol. The quantitative estimate of drug-likeness (QED) is 0.815. The van der Waals surface area contributed by atoms with E-state index in [9.17, 15) is 5.11 Å². The molecule has 0 spiro atoms. The molecular formula is C12H18ClN3O. The maximum absolute atomic E-state index is 9.43. The molecule has 1 heterocycles. The van der Waals surface area contributed by atoms with Crippen LogP contribution in [0, 0.1) is 12.8 Å². The highest BCUT2D eigenvalue weighted by Crippen LogP contribution is 2.24. The molecule has 94 valence electrons. The molecule has 1 aromatic heterocycles. The lowest BCUT2D eigenvalue weighted by atomic mass is 9.87. The minimum Gasteiger partial charge on any atom is -0.393 e. The summed E-state index contributed by atoms with van der Waals surface area (Å²) in [6.07, 6.45) is 3.88. The van der Waals surface area contributed by atoms with Crippen molar-refractivity contribution in [3.05, 3.63) is 17.0 Å². The van der Waals surface area contributed by atoms with E-state index >= 15 is 0 Å². The second-order valence-electron chi connectivity index (χ2n) is 4.68. The smallest absolute Gasteiger partial charge is 0.134 e. The number of aliphatic hydroxyl groups excluding tert-OH is 1. The van der Waals surface area contributed by atoms with Crippen molar-refractivity contribution in [2.75, 3.05) is 11.9 Å². The number of aryl methyl sites for hydroxylation is 1. The Morgan fingerprint density at radius 3 is 2.71 bits per heavy atom. The summed E-state index contributed by atoms with van der Waals surface area (Å²) >= 11 is 5.87. The molecule has 2 rings (SSSR count). The summed E-state index contributed by atoms with van der Waals surface area (Å²) in [5.41, 5.74) is 0. The Balaban J connectivity index is 1.85. The van der Waals surface area contributed by atoms with Crippen molar-refractivity contribution in [2.24, 2.45) is 5.92 Å². The zero-order chi connectivity index (χ0) is 12.3. The maximum Gasteiger partial charge on any atom is 0.134 e. The van der Waals surface area contributed by atoms with E-state index in [0.717, 1.165) is 38.0 Å². The number of hydrogen-bond donors (Lipinski definition) is 2. The molecule has 0 unspecified atom stereocenters. The van der Waals surface area contributed by atoms with Crippen LogP contribution in [0.4, 0.5) is 5.82 Å². The molecule has 1 aliphatic rings. The van der Waals surface area contributed by atoms with E-state index < -0.39 is 0 Å². The highest BCUT2D eigenvalue weighted by molar-refractivity contribution is 6.29. The average Bonchev–Trinajstić information content (AvgIpc) is 2.27. The lowest BCUT2D eigenvalue weighted by molar-refractivity contribution is 0.111. The van der Waals surface area contributed by atoms with Gasteiger partial charge in [0.05, 0.1) is 6.10 Å². The molecule has 2 N–H and O–H groups in total. The first-order valence-electron chi connectivity index (χ1n) is 6.06. The van der Waals surface area contributed by atoms with E-state index in [1.165, 1.54) is 0 Å². The van der Waals surface area contributed by atoms with Gasteiger partial charge in [0.2, 0.25) is 0 Å². The van der Waals surface area contributed by atoms with Gasteiger partial charge in [0, 0.05) is 12.6 Å². The first kappa shape index (κ1) is 12.6. The molecule has 0 atom stereocenters. The Labute approximate surface area is 106 Å². The zero-order valence-electron chi connectivity index (χ0n) is 9.99. The molecule has 1 aromatic rings. The molecule has 0 bridgehead atoms. The maximum atomic E-state index is 9.43. The van der Waals surface area contributed by atoms with E-state index in [0.29, 0.717) is 16.9 Å². The molecule has 1 aliphatic carbocycles. The molecule has 4 nitrogen and oxygen atoms in total. The second-order valence-corrected chi connectivity index (χ2v) is 5.07. The Bertz CT molecular complexity index is 358. The highest BCUT2D eigenvalue weighted by atomic mass is 35.5. The van der Waals surface area contributed by atoms with Crippen LogP contribution in [0.15, 0.2) is 6.07 Å². The van der Waals surface area contributed by atoms with Crippen molar-refractivity contribution < 1.29 is 5.11 Å². The predicted octanol–water partition coefficient (Wildman–Crippen LogP) is 2.40. The summed E-state index contributed by atoms with van der Waals surface area (Å²) in [5, 5.41) is 13.2. The Hall–Kier alpha value is -0.870. The average molecular weight is 256 g/mol. The summed E-state index contributed by atoms with van der Waals surface area (Å²) in [6.45, 7) is 2.72. The van der Waals surface area contributed by atoms with Crippen molar-refractivity contribution in [1.29, 1.82) is 0 Å². The van der Waals surface area contributed by atoms with Crippen molar-refractivity contribution in [3.8, 4) is 0 Å². The van der Waals surface area contributed by atoms with Gasteiger partial charge in [0.15, 0.2) is 0 Å². The van der Waals surface area contributed by atoms with Crippen LogP contribution >= 0.6 is 11.6 Å². The van der Waals surface area contributed by atoms with Crippen molar-refractivity contribution in [3.63, 3.8) is 0 Å². The van der Waals surface area contributed by atoms with E-state index in [1.807, 2.05) is 6.92 Å². The SMILES string of the molecule is Cc1nc(Cl)cc(NCC2CCC(O)CC2)n1. The van der Waals surface area contributed by atoms with Gasteiger partial charge in [-0.2, -0.15) is 0 Å². The Morgan fingerprint density at radius 1 is 1.35 bits per heavy atom. The Kier molecular flexibility index (Phi) is 4.18. The fraction of sp³-hybridized carbons (Fsp3) is 0.667. The number of nitrogens with zero attached hydrogens (tertiary/aromatic N) is 2. The first-order chi connectivity index (χ1) is 8.13. The van der Waals surface area contributed by atoms with Crippen LogP contribution in [0.25, 0.3) is 0 Å². The summed E-state index contributed by atoms with van der Waals surface area (Å²) < 4.78 is 0. The largest absolute Gasteiger partial charge is 0.393 e. The summed E-state index contributed by atoms with van der Waals surface area (Å²) in [7, 11) is 0. The molecule has 0 radical (unpaired) electrons. The van der Waals surface area contributed by atoms with Crippen LogP contribution in [0.2, 0.25) is 5.15 Å². The highest BCUT2D eigenvalue weighted by Gasteiger charge is 2.19. The second kappa shape index (κ2) is 5.65. The van der Waals surface area contributed by atoms with Crippen LogP contribution in [-0.4, -0.2) is 27.7 Å². The molecule has 0 amide bonds. The topological polar surface area (TPSA) is 58.0 Å². The third kappa shape index (κ3) is 3.82. The molecule has 5 heteroatoms. The number of hydrogen-bond acceptors (Lipinski definition) is 4. The van der Waals surface area contributed by atoms with Crippen LogP contribution in [0.1, 0.15) is 31.5 Å². The van der Waals surface area contributed by atoms with Gasteiger partial charge in [-0.1, -0.05) is 11.6 Å². The van der Waals surface area contributed by atoms with Gasteiger partial charge in [-0.15, -0.1) is 0 Å². The van der Waals surface area contributed by atoms with Gasteiger partial charge in [-0.05, 0) is 38.5 Å². The van der Waals surface area contributed by atoms with Gasteiger partial charge in [0.1, 0.15) is 16.8 Å². The number of halogens is 1. The van der Waals surface area contributed by atoms with Gasteiger partial charge in [0.25, 0.3) is 0 Å². The molecule has 0 aliphatic heterocycles. The summed E-state index contributed by atoms with van der Waals surface area (Å²) in [4.78, 5) is 8.30. The zero-order valence-corrected chi connectivity index (χ0v) is 10.7. The fourth-order valence-corrected chi connectivity index (χ4v) is 2.45. The van der Waals surface area contributed by atoms with Crippen LogP contribution in [0.3, 0.4) is 0 Å². The standard InChI is InChI=1S/C12H18ClN3O/c1-8-15-11(13)6-12(16-8)14-7-9-2-4-10(17)5-3-9/h6,9-10,17H,2-5,7H2,1H3,(H,14,15,16). The predicted molar refractivity (Wildman–Crippen MR) is 68.2 cm³/mol. The summed E-state index contributed by atoms with van der Waals surface area (Å²) in [6, 6.07) is 1.74. The molecule has 1 fully saturated rings. The van der Waals surface area contributed by atoms with E-state index in [2.05, 4.69) is 15.3 Å². The molecule has 0 aromatic carbocycles. The van der Waals surface area contributed by atoms with Gasteiger partial charge in [-0.25, -0.2) is 9.97 Å². The van der Waals surface area contributed by atoms with Crippen LogP contribution in [-0.2, 0) is 0 Å². The number of anilines is 1. The van der Waals surface area contributed by atoms with E-state index in [-0.39, 0.29) is 6.10 Å². The third-order valence-corrected chi connectivity index (χ3v) is 3.39. The molecule has 17 heavy (non-hydrogen) atoms. The number of aromatic nitrogens is 2. The normalized spacial score (nSPS) is 24.6. The number of rotatable bonds is 3. The van der Waals surface area contributed by atoms with Crippen molar-refractivity contribution in [1.82, 2.24) is 9.97 Å². The van der Waals surface area contributed by atoms with Crippen LogP contribution < -0.4 is 5.32 Å². The van der Waals surface area contributed by atoms with Crippen molar-refractivity contribution in [2.45, 2.75) is 38.7 Å². The van der Waals surface area contributed by atoms with Gasteiger partial charge in [-0.3, -0.25) is 0 Å². The minimum absolute atomic E-state index is 0.0954.